The molecule has 0 atom stereocenters. The maximum Gasteiger partial charge on any atom is 0.307 e. The highest BCUT2D eigenvalue weighted by molar-refractivity contribution is 6.02. The van der Waals surface area contributed by atoms with Gasteiger partial charge in [-0.05, 0) is 51.0 Å². The standard InChI is InChI=1S/C16H18N2O2/c1-10-8-11(2)15(12(3)9-10)13(4)17-18-16(19)14-6-5-7-20-14/h5-9H,1-4H3,(H,18,19)/b17-13-. The minimum Gasteiger partial charge on any atom is -0.459 e. The van der Waals surface area contributed by atoms with Crippen LogP contribution in [0.4, 0.5) is 0 Å². The Morgan fingerprint density at radius 3 is 2.40 bits per heavy atom. The van der Waals surface area contributed by atoms with E-state index in [0.717, 1.165) is 22.4 Å². The van der Waals surface area contributed by atoms with Crippen LogP contribution in [0.5, 0.6) is 0 Å². The van der Waals surface area contributed by atoms with Crippen LogP contribution in [-0.2, 0) is 0 Å². The Morgan fingerprint density at radius 2 is 1.85 bits per heavy atom. The van der Waals surface area contributed by atoms with Crippen molar-refractivity contribution >= 4 is 11.6 Å². The van der Waals surface area contributed by atoms with Crippen molar-refractivity contribution in [2.24, 2.45) is 5.10 Å². The van der Waals surface area contributed by atoms with Crippen LogP contribution in [0.15, 0.2) is 40.0 Å². The second-order valence-electron chi connectivity index (χ2n) is 4.89. The minimum atomic E-state index is -0.350. The van der Waals surface area contributed by atoms with Gasteiger partial charge in [0.2, 0.25) is 0 Å². The molecule has 2 rings (SSSR count). The third kappa shape index (κ3) is 2.96. The highest BCUT2D eigenvalue weighted by Gasteiger charge is 2.10. The average Bonchev–Trinajstić information content (AvgIpc) is 2.88. The number of carbonyl (C=O) groups excluding carboxylic acids is 1. The topological polar surface area (TPSA) is 54.6 Å². The number of furan rings is 1. The first kappa shape index (κ1) is 14.1. The monoisotopic (exact) mass is 270 g/mol. The molecule has 0 unspecified atom stereocenters. The number of aryl methyl sites for hydroxylation is 3. The minimum absolute atomic E-state index is 0.249. The van der Waals surface area contributed by atoms with E-state index in [1.165, 1.54) is 11.8 Å². The van der Waals surface area contributed by atoms with E-state index in [0.29, 0.717) is 0 Å². The Labute approximate surface area is 118 Å². The number of amides is 1. The zero-order valence-electron chi connectivity index (χ0n) is 12.2. The van der Waals surface area contributed by atoms with E-state index in [-0.39, 0.29) is 11.7 Å². The first-order valence-corrected chi connectivity index (χ1v) is 6.45. The Kier molecular flexibility index (Phi) is 4.03. The molecule has 0 saturated heterocycles. The van der Waals surface area contributed by atoms with Crippen molar-refractivity contribution in [3.05, 3.63) is 58.5 Å². The summed E-state index contributed by atoms with van der Waals surface area (Å²) in [7, 11) is 0. The van der Waals surface area contributed by atoms with Gasteiger partial charge in [0.15, 0.2) is 5.76 Å². The molecule has 1 heterocycles. The summed E-state index contributed by atoms with van der Waals surface area (Å²) in [4.78, 5) is 11.8. The quantitative estimate of drug-likeness (QED) is 0.686. The molecule has 0 spiro atoms. The van der Waals surface area contributed by atoms with E-state index in [4.69, 9.17) is 4.42 Å². The fourth-order valence-corrected chi connectivity index (χ4v) is 2.40. The lowest BCUT2D eigenvalue weighted by molar-refractivity contribution is 0.0927. The van der Waals surface area contributed by atoms with Gasteiger partial charge in [-0.15, -0.1) is 0 Å². The molecule has 0 aliphatic carbocycles. The van der Waals surface area contributed by atoms with Crippen molar-refractivity contribution in [3.63, 3.8) is 0 Å². The number of nitrogens with zero attached hydrogens (tertiary/aromatic N) is 1. The molecule has 0 bridgehead atoms. The van der Waals surface area contributed by atoms with Crippen LogP contribution in [0.2, 0.25) is 0 Å². The summed E-state index contributed by atoms with van der Waals surface area (Å²) >= 11 is 0. The van der Waals surface area contributed by atoms with Gasteiger partial charge in [0.25, 0.3) is 0 Å². The highest BCUT2D eigenvalue weighted by Crippen LogP contribution is 2.17. The Morgan fingerprint density at radius 1 is 1.20 bits per heavy atom. The van der Waals surface area contributed by atoms with Crippen molar-refractivity contribution in [1.29, 1.82) is 0 Å². The van der Waals surface area contributed by atoms with Gasteiger partial charge < -0.3 is 4.42 Å². The molecule has 2 aromatic rings. The summed E-state index contributed by atoms with van der Waals surface area (Å²) in [5.74, 6) is -0.101. The van der Waals surface area contributed by atoms with Crippen molar-refractivity contribution in [2.75, 3.05) is 0 Å². The smallest absolute Gasteiger partial charge is 0.307 e. The lowest BCUT2D eigenvalue weighted by Gasteiger charge is -2.11. The zero-order chi connectivity index (χ0) is 14.7. The molecule has 0 radical (unpaired) electrons. The van der Waals surface area contributed by atoms with Crippen LogP contribution < -0.4 is 5.43 Å². The number of nitrogens with one attached hydrogen (secondary N) is 1. The van der Waals surface area contributed by atoms with Crippen LogP contribution in [0.3, 0.4) is 0 Å². The molecule has 0 saturated carbocycles. The van der Waals surface area contributed by atoms with Gasteiger partial charge in [0.05, 0.1) is 12.0 Å². The second kappa shape index (κ2) is 5.74. The van der Waals surface area contributed by atoms with Crippen molar-refractivity contribution in [3.8, 4) is 0 Å². The fraction of sp³-hybridized carbons (Fsp3) is 0.250. The molecule has 0 fully saturated rings. The van der Waals surface area contributed by atoms with Crippen LogP contribution in [0.1, 0.15) is 39.7 Å². The fourth-order valence-electron chi connectivity index (χ4n) is 2.40. The van der Waals surface area contributed by atoms with Crippen LogP contribution in [0, 0.1) is 20.8 Å². The molecule has 1 aromatic carbocycles. The van der Waals surface area contributed by atoms with Crippen LogP contribution in [0.25, 0.3) is 0 Å². The molecule has 20 heavy (non-hydrogen) atoms. The summed E-state index contributed by atoms with van der Waals surface area (Å²) in [6.07, 6.45) is 1.46. The number of carbonyl (C=O) groups is 1. The summed E-state index contributed by atoms with van der Waals surface area (Å²) < 4.78 is 5.02. The zero-order valence-corrected chi connectivity index (χ0v) is 12.2. The van der Waals surface area contributed by atoms with E-state index >= 15 is 0 Å². The number of benzene rings is 1. The molecular weight excluding hydrogens is 252 g/mol. The Bertz CT molecular complexity index is 632. The van der Waals surface area contributed by atoms with Gasteiger partial charge in [-0.2, -0.15) is 5.10 Å². The van der Waals surface area contributed by atoms with E-state index in [9.17, 15) is 4.79 Å². The summed E-state index contributed by atoms with van der Waals surface area (Å²) in [6.45, 7) is 8.04. The van der Waals surface area contributed by atoms with Gasteiger partial charge in [0.1, 0.15) is 0 Å². The van der Waals surface area contributed by atoms with E-state index in [1.54, 1.807) is 12.1 Å². The highest BCUT2D eigenvalue weighted by atomic mass is 16.3. The molecule has 1 aromatic heterocycles. The van der Waals surface area contributed by atoms with Crippen LogP contribution >= 0.6 is 0 Å². The molecule has 1 amide bonds. The molecule has 1 N–H and O–H groups in total. The SMILES string of the molecule is C/C(=N/NC(=O)c1ccco1)c1c(C)cc(C)cc1C. The van der Waals surface area contributed by atoms with Gasteiger partial charge in [-0.1, -0.05) is 17.7 Å². The molecule has 0 aliphatic rings. The molecule has 104 valence electrons. The predicted molar refractivity (Wildman–Crippen MR) is 79.0 cm³/mol. The maximum absolute atomic E-state index is 11.8. The number of hydrogen-bond acceptors (Lipinski definition) is 3. The largest absolute Gasteiger partial charge is 0.459 e. The number of rotatable bonds is 3. The lowest BCUT2D eigenvalue weighted by atomic mass is 9.97. The van der Waals surface area contributed by atoms with Crippen molar-refractivity contribution in [1.82, 2.24) is 5.43 Å². The Balaban J connectivity index is 2.21. The number of hydrogen-bond donors (Lipinski definition) is 1. The van der Waals surface area contributed by atoms with Crippen molar-refractivity contribution in [2.45, 2.75) is 27.7 Å². The summed E-state index contributed by atoms with van der Waals surface area (Å²) in [5.41, 5.74) is 7.87. The van der Waals surface area contributed by atoms with Gasteiger partial charge in [-0.25, -0.2) is 5.43 Å². The van der Waals surface area contributed by atoms with Crippen molar-refractivity contribution < 1.29 is 9.21 Å². The normalized spacial score (nSPS) is 11.5. The molecule has 4 heteroatoms. The lowest BCUT2D eigenvalue weighted by Crippen LogP contribution is -2.19. The first-order chi connectivity index (χ1) is 9.49. The van der Waals surface area contributed by atoms with E-state index < -0.39 is 0 Å². The van der Waals surface area contributed by atoms with Crippen LogP contribution in [-0.4, -0.2) is 11.6 Å². The summed E-state index contributed by atoms with van der Waals surface area (Å²) in [5, 5.41) is 4.16. The average molecular weight is 270 g/mol. The molecule has 4 nitrogen and oxygen atoms in total. The second-order valence-corrected chi connectivity index (χ2v) is 4.89. The predicted octanol–water partition coefficient (Wildman–Crippen LogP) is 3.36. The molecule has 0 aliphatic heterocycles. The summed E-state index contributed by atoms with van der Waals surface area (Å²) in [6, 6.07) is 7.48. The molecular formula is C16H18N2O2. The van der Waals surface area contributed by atoms with E-state index in [1.807, 2.05) is 20.8 Å². The van der Waals surface area contributed by atoms with Gasteiger partial charge in [-0.3, -0.25) is 4.79 Å². The first-order valence-electron chi connectivity index (χ1n) is 6.45. The van der Waals surface area contributed by atoms with Gasteiger partial charge in [0, 0.05) is 5.56 Å². The maximum atomic E-state index is 11.8. The van der Waals surface area contributed by atoms with Gasteiger partial charge >= 0.3 is 5.91 Å². The number of hydrazone groups is 1. The Hall–Kier alpha value is -2.36. The van der Waals surface area contributed by atoms with E-state index in [2.05, 4.69) is 29.6 Å². The third-order valence-electron chi connectivity index (χ3n) is 3.11. The third-order valence-corrected chi connectivity index (χ3v) is 3.11.